The number of rotatable bonds is 8. The number of nitrogens with zero attached hydrogens (tertiary/aromatic N) is 5. The van der Waals surface area contributed by atoms with Crippen molar-refractivity contribution in [1.29, 1.82) is 0 Å². The summed E-state index contributed by atoms with van der Waals surface area (Å²) in [4.78, 5) is 34.4. The van der Waals surface area contributed by atoms with Gasteiger partial charge in [-0.1, -0.05) is 30.2 Å². The molecule has 0 radical (unpaired) electrons. The van der Waals surface area contributed by atoms with Gasteiger partial charge in [-0.25, -0.2) is 9.97 Å². The minimum atomic E-state index is -0.222. The summed E-state index contributed by atoms with van der Waals surface area (Å²) in [6.45, 7) is 3.22. The van der Waals surface area contributed by atoms with Gasteiger partial charge in [0.2, 0.25) is 5.91 Å². The highest BCUT2D eigenvalue weighted by atomic mass is 35.5. The third kappa shape index (κ3) is 5.50. The summed E-state index contributed by atoms with van der Waals surface area (Å²) in [5.41, 5.74) is 2.70. The quantitative estimate of drug-likeness (QED) is 0.284. The molecule has 0 unspecified atom stereocenters. The third-order valence-corrected chi connectivity index (χ3v) is 7.00. The van der Waals surface area contributed by atoms with E-state index in [0.29, 0.717) is 51.2 Å². The molecular formula is C29H27ClN6O3. The van der Waals surface area contributed by atoms with E-state index in [1.807, 2.05) is 36.4 Å². The number of benzene rings is 2. The Kier molecular flexibility index (Phi) is 7.25. The summed E-state index contributed by atoms with van der Waals surface area (Å²) >= 11 is 6.56. The van der Waals surface area contributed by atoms with Crippen LogP contribution in [0.3, 0.4) is 0 Å². The molecule has 0 bridgehead atoms. The van der Waals surface area contributed by atoms with Gasteiger partial charge in [-0.2, -0.15) is 5.06 Å². The van der Waals surface area contributed by atoms with Gasteiger partial charge in [-0.15, -0.1) is 0 Å². The topological polar surface area (TPSA) is 92.7 Å². The summed E-state index contributed by atoms with van der Waals surface area (Å²) < 4.78 is 5.86. The Hall–Kier alpha value is -4.21. The second-order valence-corrected chi connectivity index (χ2v) is 9.80. The second kappa shape index (κ2) is 11.3. The molecule has 198 valence electrons. The molecule has 0 aliphatic carbocycles. The van der Waals surface area contributed by atoms with Crippen molar-refractivity contribution in [3.8, 4) is 11.5 Å². The largest absolute Gasteiger partial charge is 0.486 e. The number of nitrogens with one attached hydrogen (secondary N) is 1. The average molecular weight is 543 g/mol. The monoisotopic (exact) mass is 542 g/mol. The van der Waals surface area contributed by atoms with E-state index in [1.54, 1.807) is 35.5 Å². The molecule has 10 heteroatoms. The molecule has 4 aromatic rings. The van der Waals surface area contributed by atoms with Gasteiger partial charge in [-0.05, 0) is 68.4 Å². The van der Waals surface area contributed by atoms with Crippen LogP contribution in [0.4, 0.5) is 17.2 Å². The summed E-state index contributed by atoms with van der Waals surface area (Å²) in [7, 11) is 0. The number of halogens is 1. The molecule has 0 atom stereocenters. The fourth-order valence-electron chi connectivity index (χ4n) is 4.76. The van der Waals surface area contributed by atoms with E-state index in [2.05, 4.69) is 25.2 Å². The van der Waals surface area contributed by atoms with Crippen LogP contribution in [0.5, 0.6) is 11.5 Å². The smallest absolute Gasteiger partial charge is 0.248 e. The Morgan fingerprint density at radius 2 is 1.97 bits per heavy atom. The molecule has 2 aromatic carbocycles. The molecule has 6 rings (SSSR count). The van der Waals surface area contributed by atoms with Crippen LogP contribution in [0.25, 0.3) is 10.9 Å². The SMILES string of the molecule is O=C(/C=C/CN1CCCCC1)Nc1ccc2ncnc3c2c1ON3c1ccc(OCc2ccccn2)c(Cl)c1. The molecule has 1 saturated heterocycles. The van der Waals surface area contributed by atoms with Gasteiger partial charge in [0.05, 0.1) is 33.0 Å². The molecule has 2 aromatic heterocycles. The van der Waals surface area contributed by atoms with Crippen LogP contribution in [0, 0.1) is 0 Å². The lowest BCUT2D eigenvalue weighted by Gasteiger charge is -2.24. The number of amides is 1. The summed E-state index contributed by atoms with van der Waals surface area (Å²) in [6.07, 6.45) is 10.4. The van der Waals surface area contributed by atoms with E-state index in [4.69, 9.17) is 21.2 Å². The summed E-state index contributed by atoms with van der Waals surface area (Å²) in [5.74, 6) is 1.35. The van der Waals surface area contributed by atoms with Gasteiger partial charge in [0.1, 0.15) is 18.7 Å². The number of carbonyl (C=O) groups excluding carboxylic acids is 1. The lowest BCUT2D eigenvalue weighted by Crippen LogP contribution is -2.29. The fourth-order valence-corrected chi connectivity index (χ4v) is 4.99. The number of hydrogen-bond donors (Lipinski definition) is 1. The number of pyridine rings is 1. The van der Waals surface area contributed by atoms with Gasteiger partial charge in [-0.3, -0.25) is 14.7 Å². The van der Waals surface area contributed by atoms with Crippen LogP contribution in [-0.2, 0) is 11.4 Å². The Labute approximate surface area is 231 Å². The van der Waals surface area contributed by atoms with Crippen LogP contribution in [0.1, 0.15) is 25.0 Å². The van der Waals surface area contributed by atoms with Gasteiger partial charge >= 0.3 is 0 Å². The van der Waals surface area contributed by atoms with E-state index in [1.165, 1.54) is 25.6 Å². The lowest BCUT2D eigenvalue weighted by atomic mass is 10.1. The van der Waals surface area contributed by atoms with E-state index in [9.17, 15) is 4.79 Å². The Morgan fingerprint density at radius 3 is 2.79 bits per heavy atom. The van der Waals surface area contributed by atoms with Crippen molar-refractivity contribution in [1.82, 2.24) is 19.9 Å². The van der Waals surface area contributed by atoms with Crippen molar-refractivity contribution in [2.24, 2.45) is 0 Å². The standard InChI is InChI=1S/C29H27ClN6O3/c30-22-17-21(9-12-25(22)38-18-20-7-2-3-13-31-20)36-29-27-23(32-19-33-29)10-11-24(28(27)39-36)34-26(37)8-6-16-35-14-4-1-5-15-35/h2-3,6-13,17,19H,1,4-5,14-16,18H2,(H,34,37)/b8-6+. The average Bonchev–Trinajstić information content (AvgIpc) is 3.36. The Morgan fingerprint density at radius 1 is 1.08 bits per heavy atom. The van der Waals surface area contributed by atoms with Crippen molar-refractivity contribution >= 4 is 45.6 Å². The molecule has 2 aliphatic heterocycles. The number of aromatic nitrogens is 3. The zero-order valence-electron chi connectivity index (χ0n) is 21.2. The Balaban J connectivity index is 1.19. The first-order chi connectivity index (χ1) is 19.2. The fraction of sp³-hybridized carbons (Fsp3) is 0.241. The zero-order chi connectivity index (χ0) is 26.6. The number of likely N-dealkylation sites (tertiary alicyclic amines) is 1. The number of anilines is 3. The molecule has 1 fully saturated rings. The second-order valence-electron chi connectivity index (χ2n) is 9.40. The zero-order valence-corrected chi connectivity index (χ0v) is 22.0. The highest BCUT2D eigenvalue weighted by Gasteiger charge is 2.30. The van der Waals surface area contributed by atoms with E-state index in [0.717, 1.165) is 25.3 Å². The van der Waals surface area contributed by atoms with Crippen LogP contribution >= 0.6 is 11.6 Å². The Bertz CT molecular complexity index is 1520. The number of carbonyl (C=O) groups is 1. The summed E-state index contributed by atoms with van der Waals surface area (Å²) in [6, 6.07) is 14.6. The van der Waals surface area contributed by atoms with Crippen molar-refractivity contribution < 1.29 is 14.4 Å². The molecule has 2 aliphatic rings. The van der Waals surface area contributed by atoms with E-state index >= 15 is 0 Å². The molecule has 0 saturated carbocycles. The maximum absolute atomic E-state index is 12.7. The summed E-state index contributed by atoms with van der Waals surface area (Å²) in [5, 5.41) is 5.65. The number of hydrogen-bond acceptors (Lipinski definition) is 8. The van der Waals surface area contributed by atoms with E-state index in [-0.39, 0.29) is 5.91 Å². The van der Waals surface area contributed by atoms with Crippen LogP contribution in [-0.4, -0.2) is 45.4 Å². The highest BCUT2D eigenvalue weighted by Crippen LogP contribution is 2.47. The molecule has 1 amide bonds. The van der Waals surface area contributed by atoms with Gasteiger partial charge in [0.15, 0.2) is 11.6 Å². The van der Waals surface area contributed by atoms with Crippen LogP contribution in [0.2, 0.25) is 5.02 Å². The lowest BCUT2D eigenvalue weighted by molar-refractivity contribution is -0.111. The minimum absolute atomic E-state index is 0.222. The van der Waals surface area contributed by atoms with Gasteiger partial charge in [0.25, 0.3) is 0 Å². The molecule has 39 heavy (non-hydrogen) atoms. The van der Waals surface area contributed by atoms with Crippen LogP contribution < -0.4 is 20.0 Å². The maximum Gasteiger partial charge on any atom is 0.248 e. The van der Waals surface area contributed by atoms with Crippen molar-refractivity contribution in [3.05, 3.63) is 83.9 Å². The molecule has 4 heterocycles. The maximum atomic E-state index is 12.7. The van der Waals surface area contributed by atoms with Crippen molar-refractivity contribution in [3.63, 3.8) is 0 Å². The van der Waals surface area contributed by atoms with E-state index < -0.39 is 0 Å². The van der Waals surface area contributed by atoms with Crippen molar-refractivity contribution in [2.45, 2.75) is 25.9 Å². The number of ether oxygens (including phenoxy) is 1. The minimum Gasteiger partial charge on any atom is -0.486 e. The first kappa shape index (κ1) is 25.1. The van der Waals surface area contributed by atoms with Crippen molar-refractivity contribution in [2.75, 3.05) is 30.0 Å². The molecule has 9 nitrogen and oxygen atoms in total. The molecule has 0 spiro atoms. The van der Waals surface area contributed by atoms with Crippen LogP contribution in [0.15, 0.2) is 73.2 Å². The third-order valence-electron chi connectivity index (χ3n) is 6.70. The predicted molar refractivity (Wildman–Crippen MR) is 150 cm³/mol. The predicted octanol–water partition coefficient (Wildman–Crippen LogP) is 5.68. The van der Waals surface area contributed by atoms with Gasteiger partial charge in [0, 0.05) is 18.8 Å². The normalized spacial score (nSPS) is 15.1. The number of piperidine rings is 1. The molecule has 1 N–H and O–H groups in total. The highest BCUT2D eigenvalue weighted by molar-refractivity contribution is 6.32. The molecular weight excluding hydrogens is 516 g/mol. The first-order valence-corrected chi connectivity index (χ1v) is 13.3. The van der Waals surface area contributed by atoms with Gasteiger partial charge < -0.3 is 14.9 Å². The first-order valence-electron chi connectivity index (χ1n) is 12.9.